The van der Waals surface area contributed by atoms with E-state index in [4.69, 9.17) is 4.52 Å². The predicted molar refractivity (Wildman–Crippen MR) is 135 cm³/mol. The molecular weight excluding hydrogens is 435 g/mol. The molecule has 0 saturated heterocycles. The molecule has 6 nitrogen and oxygen atoms in total. The summed E-state index contributed by atoms with van der Waals surface area (Å²) in [6.07, 6.45) is 5.17. The van der Waals surface area contributed by atoms with Crippen LogP contribution in [0.4, 0.5) is 5.69 Å². The van der Waals surface area contributed by atoms with Crippen molar-refractivity contribution in [3.8, 4) is 0 Å². The van der Waals surface area contributed by atoms with E-state index >= 15 is 0 Å². The first-order chi connectivity index (χ1) is 15.8. The van der Waals surface area contributed by atoms with Gasteiger partial charge in [-0.1, -0.05) is 36.4 Å². The monoisotopic (exact) mass is 470 g/mol. The highest BCUT2D eigenvalue weighted by atomic mass is 31.2. The number of nitrogens with zero attached hydrogens (tertiary/aromatic N) is 1. The molecule has 33 heavy (non-hydrogen) atoms. The van der Waals surface area contributed by atoms with Crippen LogP contribution in [0.25, 0.3) is 0 Å². The molecular formula is C26H35N2O4P. The van der Waals surface area contributed by atoms with E-state index in [0.717, 1.165) is 37.2 Å². The van der Waals surface area contributed by atoms with Crippen LogP contribution >= 0.6 is 7.37 Å². The third-order valence-electron chi connectivity index (χ3n) is 6.03. The van der Waals surface area contributed by atoms with Gasteiger partial charge in [-0.3, -0.25) is 14.3 Å². The summed E-state index contributed by atoms with van der Waals surface area (Å²) in [5.74, 6) is 0. The fourth-order valence-corrected chi connectivity index (χ4v) is 6.44. The Bertz CT molecular complexity index is 1050. The SMILES string of the molecule is CCOP(=O)(C(=O)c1c(C)cc(C)c(NC(O)CCN2CC=CCC2)c1C)c1ccccc1. The van der Waals surface area contributed by atoms with Gasteiger partial charge in [0.2, 0.25) is 0 Å². The van der Waals surface area contributed by atoms with Gasteiger partial charge < -0.3 is 14.9 Å². The molecule has 0 saturated carbocycles. The molecule has 2 atom stereocenters. The number of rotatable bonds is 10. The summed E-state index contributed by atoms with van der Waals surface area (Å²) in [6, 6.07) is 10.6. The van der Waals surface area contributed by atoms with Crippen molar-refractivity contribution in [2.75, 3.05) is 31.6 Å². The summed E-state index contributed by atoms with van der Waals surface area (Å²) in [6.45, 7) is 10.2. The molecule has 0 amide bonds. The molecule has 0 bridgehead atoms. The molecule has 3 rings (SSSR count). The largest absolute Gasteiger partial charge is 0.374 e. The van der Waals surface area contributed by atoms with Gasteiger partial charge in [0.15, 0.2) is 0 Å². The lowest BCUT2D eigenvalue weighted by molar-refractivity contribution is 0.105. The van der Waals surface area contributed by atoms with Crippen LogP contribution in [0.2, 0.25) is 0 Å². The Morgan fingerprint density at radius 1 is 1.18 bits per heavy atom. The fourth-order valence-electron chi connectivity index (χ4n) is 4.38. The minimum atomic E-state index is -3.78. The van der Waals surface area contributed by atoms with Crippen molar-refractivity contribution in [1.29, 1.82) is 0 Å². The minimum absolute atomic E-state index is 0.164. The van der Waals surface area contributed by atoms with Crippen LogP contribution in [0, 0.1) is 20.8 Å². The Hall–Kier alpha value is -2.24. The number of benzene rings is 2. The van der Waals surface area contributed by atoms with Gasteiger partial charge in [0, 0.05) is 42.6 Å². The Balaban J connectivity index is 1.88. The second-order valence-corrected chi connectivity index (χ2v) is 10.8. The Morgan fingerprint density at radius 2 is 1.91 bits per heavy atom. The third kappa shape index (κ3) is 5.82. The Kier molecular flexibility index (Phi) is 8.66. The maximum atomic E-state index is 13.9. The summed E-state index contributed by atoms with van der Waals surface area (Å²) < 4.78 is 19.5. The number of hydrogen-bond donors (Lipinski definition) is 2. The van der Waals surface area contributed by atoms with E-state index in [-0.39, 0.29) is 6.61 Å². The fraction of sp³-hybridized carbons (Fsp3) is 0.423. The summed E-state index contributed by atoms with van der Waals surface area (Å²) in [4.78, 5) is 16.0. The topological polar surface area (TPSA) is 78.9 Å². The second kappa shape index (κ2) is 11.3. The van der Waals surface area contributed by atoms with E-state index in [1.165, 1.54) is 0 Å². The number of aliphatic hydroxyl groups is 1. The molecule has 0 radical (unpaired) electrons. The highest BCUT2D eigenvalue weighted by Gasteiger charge is 2.38. The zero-order valence-electron chi connectivity index (χ0n) is 20.0. The molecule has 2 unspecified atom stereocenters. The van der Waals surface area contributed by atoms with Gasteiger partial charge in [-0.2, -0.15) is 0 Å². The smallest absolute Gasteiger partial charge is 0.300 e. The third-order valence-corrected chi connectivity index (χ3v) is 8.39. The van der Waals surface area contributed by atoms with Crippen molar-refractivity contribution in [3.05, 3.63) is 70.8 Å². The van der Waals surface area contributed by atoms with E-state index in [2.05, 4.69) is 22.4 Å². The van der Waals surface area contributed by atoms with Crippen LogP contribution < -0.4 is 10.6 Å². The molecule has 2 N–H and O–H groups in total. The van der Waals surface area contributed by atoms with E-state index in [0.29, 0.717) is 28.5 Å². The molecule has 1 aliphatic heterocycles. The van der Waals surface area contributed by atoms with E-state index < -0.39 is 19.1 Å². The van der Waals surface area contributed by atoms with E-state index in [1.54, 1.807) is 31.2 Å². The maximum absolute atomic E-state index is 13.9. The molecule has 1 aliphatic rings. The number of hydrogen-bond acceptors (Lipinski definition) is 6. The van der Waals surface area contributed by atoms with Gasteiger partial charge in [-0.15, -0.1) is 0 Å². The normalized spacial score (nSPS) is 16.9. The second-order valence-electron chi connectivity index (χ2n) is 8.50. The van der Waals surface area contributed by atoms with Crippen molar-refractivity contribution in [2.24, 2.45) is 0 Å². The van der Waals surface area contributed by atoms with Gasteiger partial charge in [0.1, 0.15) is 6.23 Å². The standard InChI is InChI=1S/C26H35N2O4P/c1-5-32-33(31,22-12-8-6-9-13-22)26(30)24-19(2)18-20(3)25(21(24)4)27-23(29)14-17-28-15-10-7-11-16-28/h6-10,12-13,18,23,27,29H,5,11,14-17H2,1-4H3. The molecule has 0 spiro atoms. The number of anilines is 1. The lowest BCUT2D eigenvalue weighted by Crippen LogP contribution is -2.32. The number of aliphatic hydroxyl groups excluding tert-OH is 1. The minimum Gasteiger partial charge on any atom is -0.374 e. The highest BCUT2D eigenvalue weighted by molar-refractivity contribution is 7.83. The molecule has 7 heteroatoms. The molecule has 0 aliphatic carbocycles. The van der Waals surface area contributed by atoms with E-state index in [1.807, 2.05) is 32.9 Å². The first-order valence-electron chi connectivity index (χ1n) is 11.6. The van der Waals surface area contributed by atoms with Gasteiger partial charge in [0.25, 0.3) is 5.52 Å². The van der Waals surface area contributed by atoms with Gasteiger partial charge in [-0.05, 0) is 62.9 Å². The number of nitrogens with one attached hydrogen (secondary N) is 1. The molecule has 2 aromatic rings. The molecule has 0 fully saturated rings. The van der Waals surface area contributed by atoms with Crippen LogP contribution in [0.3, 0.4) is 0 Å². The summed E-state index contributed by atoms with van der Waals surface area (Å²) >= 11 is 0. The van der Waals surface area contributed by atoms with Gasteiger partial charge >= 0.3 is 7.37 Å². The summed E-state index contributed by atoms with van der Waals surface area (Å²) in [7, 11) is -3.78. The highest BCUT2D eigenvalue weighted by Crippen LogP contribution is 2.50. The summed E-state index contributed by atoms with van der Waals surface area (Å²) in [5, 5.41) is 14.3. The van der Waals surface area contributed by atoms with Crippen molar-refractivity contribution >= 4 is 23.9 Å². The number of aryl methyl sites for hydroxylation is 2. The van der Waals surface area contributed by atoms with Crippen molar-refractivity contribution in [2.45, 2.75) is 46.8 Å². The van der Waals surface area contributed by atoms with Crippen LogP contribution in [0.15, 0.2) is 48.6 Å². The lowest BCUT2D eigenvalue weighted by atomic mass is 9.97. The number of carbonyl (C=O) groups is 1. The lowest BCUT2D eigenvalue weighted by Gasteiger charge is -2.26. The molecule has 178 valence electrons. The predicted octanol–water partition coefficient (Wildman–Crippen LogP) is 4.77. The zero-order chi connectivity index (χ0) is 24.0. The van der Waals surface area contributed by atoms with Crippen LogP contribution in [-0.2, 0) is 9.09 Å². The van der Waals surface area contributed by atoms with Crippen LogP contribution in [0.1, 0.15) is 46.8 Å². The Morgan fingerprint density at radius 3 is 2.55 bits per heavy atom. The van der Waals surface area contributed by atoms with E-state index in [9.17, 15) is 14.5 Å². The average molecular weight is 471 g/mol. The quantitative estimate of drug-likeness (QED) is 0.296. The van der Waals surface area contributed by atoms with Gasteiger partial charge in [-0.25, -0.2) is 0 Å². The molecule has 0 aromatic heterocycles. The first kappa shape index (κ1) is 25.4. The van der Waals surface area contributed by atoms with Crippen molar-refractivity contribution in [1.82, 2.24) is 4.90 Å². The van der Waals surface area contributed by atoms with Crippen molar-refractivity contribution in [3.63, 3.8) is 0 Å². The van der Waals surface area contributed by atoms with Gasteiger partial charge in [0.05, 0.1) is 6.61 Å². The average Bonchev–Trinajstić information content (AvgIpc) is 2.81. The Labute approximate surface area is 197 Å². The number of carbonyl (C=O) groups excluding carboxylic acids is 1. The summed E-state index contributed by atoms with van der Waals surface area (Å²) in [5.41, 5.74) is 2.91. The molecule has 2 aromatic carbocycles. The zero-order valence-corrected chi connectivity index (χ0v) is 20.9. The molecule has 1 heterocycles. The van der Waals surface area contributed by atoms with Crippen LogP contribution in [-0.4, -0.2) is 48.0 Å². The maximum Gasteiger partial charge on any atom is 0.300 e. The first-order valence-corrected chi connectivity index (χ1v) is 13.2. The van der Waals surface area contributed by atoms with Crippen molar-refractivity contribution < 1.29 is 19.0 Å². The van der Waals surface area contributed by atoms with Crippen LogP contribution in [0.5, 0.6) is 0 Å².